The highest BCUT2D eigenvalue weighted by Crippen LogP contribution is 2.22. The van der Waals surface area contributed by atoms with Gasteiger partial charge in [-0.15, -0.1) is 11.3 Å². The summed E-state index contributed by atoms with van der Waals surface area (Å²) in [7, 11) is 0. The number of amides is 3. The molecule has 0 saturated carbocycles. The van der Waals surface area contributed by atoms with Gasteiger partial charge in [-0.3, -0.25) is 4.79 Å². The number of anilines is 1. The number of carboxylic acids is 1. The van der Waals surface area contributed by atoms with Crippen LogP contribution in [0.5, 0.6) is 0 Å². The first-order valence-electron chi connectivity index (χ1n) is 5.51. The summed E-state index contributed by atoms with van der Waals surface area (Å²) in [6.45, 7) is 3.52. The second-order valence-electron chi connectivity index (χ2n) is 4.19. The molecule has 1 atom stereocenters. The third kappa shape index (κ3) is 4.25. The van der Waals surface area contributed by atoms with Crippen molar-refractivity contribution in [3.63, 3.8) is 0 Å². The molecule has 0 aromatic carbocycles. The zero-order valence-electron chi connectivity index (χ0n) is 10.5. The van der Waals surface area contributed by atoms with Crippen LogP contribution in [0.25, 0.3) is 0 Å². The number of nitrogens with one attached hydrogen (secondary N) is 2. The largest absolute Gasteiger partial charge is 0.477 e. The Morgan fingerprint density at radius 3 is 2.37 bits per heavy atom. The summed E-state index contributed by atoms with van der Waals surface area (Å²) < 4.78 is 0. The normalized spacial score (nSPS) is 11.9. The third-order valence-corrected chi connectivity index (χ3v) is 3.30. The average Bonchev–Trinajstić information content (AvgIpc) is 2.73. The second kappa shape index (κ2) is 6.19. The molecule has 19 heavy (non-hydrogen) atoms. The van der Waals surface area contributed by atoms with Gasteiger partial charge in [0.05, 0.1) is 5.00 Å². The minimum Gasteiger partial charge on any atom is -0.477 e. The van der Waals surface area contributed by atoms with E-state index in [9.17, 15) is 14.4 Å². The molecule has 1 unspecified atom stereocenters. The first kappa shape index (κ1) is 15.0. The molecule has 0 saturated heterocycles. The van der Waals surface area contributed by atoms with Crippen molar-refractivity contribution in [2.24, 2.45) is 11.7 Å². The van der Waals surface area contributed by atoms with Crippen LogP contribution in [0.1, 0.15) is 23.5 Å². The summed E-state index contributed by atoms with van der Waals surface area (Å²) in [6, 6.07) is 1.33. The van der Waals surface area contributed by atoms with E-state index in [1.165, 1.54) is 12.1 Å². The summed E-state index contributed by atoms with van der Waals surface area (Å²) in [4.78, 5) is 33.6. The molecule has 0 bridgehead atoms. The average molecular weight is 285 g/mol. The molecule has 0 aliphatic heterocycles. The van der Waals surface area contributed by atoms with Crippen LogP contribution in [0.2, 0.25) is 0 Å². The SMILES string of the molecule is CC(C)C(NC(N)=O)C(=O)Nc1ccc(C(=O)O)s1. The number of hydrogen-bond donors (Lipinski definition) is 4. The Balaban J connectivity index is 2.75. The predicted octanol–water partition coefficient (Wildman–Crippen LogP) is 1.08. The number of carbonyl (C=O) groups is 3. The molecular weight excluding hydrogens is 270 g/mol. The van der Waals surface area contributed by atoms with E-state index in [2.05, 4.69) is 10.6 Å². The molecule has 1 rings (SSSR count). The van der Waals surface area contributed by atoms with Crippen molar-refractivity contribution in [1.82, 2.24) is 5.32 Å². The molecule has 8 heteroatoms. The zero-order chi connectivity index (χ0) is 14.6. The number of aromatic carboxylic acids is 1. The van der Waals surface area contributed by atoms with E-state index < -0.39 is 23.9 Å². The monoisotopic (exact) mass is 285 g/mol. The Kier molecular flexibility index (Phi) is 4.87. The van der Waals surface area contributed by atoms with Crippen LogP contribution in [0.15, 0.2) is 12.1 Å². The summed E-state index contributed by atoms with van der Waals surface area (Å²) in [6.07, 6.45) is 0. The fraction of sp³-hybridized carbons (Fsp3) is 0.364. The fourth-order valence-electron chi connectivity index (χ4n) is 1.41. The number of nitrogens with two attached hydrogens (primary N) is 1. The van der Waals surface area contributed by atoms with Gasteiger partial charge in [0.15, 0.2) is 0 Å². The lowest BCUT2D eigenvalue weighted by Crippen LogP contribution is -2.48. The lowest BCUT2D eigenvalue weighted by Gasteiger charge is -2.19. The Bertz CT molecular complexity index is 498. The Morgan fingerprint density at radius 1 is 1.32 bits per heavy atom. The molecule has 0 radical (unpaired) electrons. The molecule has 3 amide bonds. The van der Waals surface area contributed by atoms with Crippen molar-refractivity contribution in [2.75, 3.05) is 5.32 Å². The highest BCUT2D eigenvalue weighted by molar-refractivity contribution is 7.18. The summed E-state index contributed by atoms with van der Waals surface area (Å²) >= 11 is 0.942. The van der Waals surface area contributed by atoms with Gasteiger partial charge in [0.1, 0.15) is 10.9 Å². The standard InChI is InChI=1S/C11H15N3O4S/c1-5(2)8(14-11(12)18)9(15)13-7-4-3-6(19-7)10(16)17/h3-5,8H,1-2H3,(H,13,15)(H,16,17)(H3,12,14,18). The molecule has 1 aromatic rings. The van der Waals surface area contributed by atoms with Gasteiger partial charge >= 0.3 is 12.0 Å². The van der Waals surface area contributed by atoms with Crippen molar-refractivity contribution >= 4 is 34.2 Å². The molecular formula is C11H15N3O4S. The maximum absolute atomic E-state index is 11.9. The maximum atomic E-state index is 11.9. The third-order valence-electron chi connectivity index (χ3n) is 2.31. The van der Waals surface area contributed by atoms with Crippen LogP contribution >= 0.6 is 11.3 Å². The summed E-state index contributed by atoms with van der Waals surface area (Å²) in [5, 5.41) is 14.1. The molecule has 5 N–H and O–H groups in total. The Hall–Kier alpha value is -2.09. The first-order chi connectivity index (χ1) is 8.81. The van der Waals surface area contributed by atoms with Crippen molar-refractivity contribution in [1.29, 1.82) is 0 Å². The highest BCUT2D eigenvalue weighted by Gasteiger charge is 2.24. The number of primary amides is 1. The quantitative estimate of drug-likeness (QED) is 0.646. The van der Waals surface area contributed by atoms with Crippen LogP contribution < -0.4 is 16.4 Å². The number of thiophene rings is 1. The van der Waals surface area contributed by atoms with Gasteiger partial charge in [-0.1, -0.05) is 13.8 Å². The van der Waals surface area contributed by atoms with Crippen molar-refractivity contribution in [3.8, 4) is 0 Å². The minimum absolute atomic E-state index is 0.124. The van der Waals surface area contributed by atoms with Gasteiger partial charge in [-0.25, -0.2) is 9.59 Å². The van der Waals surface area contributed by atoms with E-state index in [0.29, 0.717) is 5.00 Å². The van der Waals surface area contributed by atoms with E-state index in [1.54, 1.807) is 13.8 Å². The number of rotatable bonds is 5. The van der Waals surface area contributed by atoms with Crippen LogP contribution in [0.4, 0.5) is 9.80 Å². The summed E-state index contributed by atoms with van der Waals surface area (Å²) in [5.74, 6) is -1.64. The highest BCUT2D eigenvalue weighted by atomic mass is 32.1. The van der Waals surface area contributed by atoms with Crippen LogP contribution in [-0.4, -0.2) is 29.1 Å². The number of carboxylic acid groups (broad SMARTS) is 1. The van der Waals surface area contributed by atoms with Crippen LogP contribution in [0.3, 0.4) is 0 Å². The Morgan fingerprint density at radius 2 is 1.95 bits per heavy atom. The topological polar surface area (TPSA) is 122 Å². The van der Waals surface area contributed by atoms with E-state index >= 15 is 0 Å². The van der Waals surface area contributed by atoms with E-state index in [1.807, 2.05) is 0 Å². The molecule has 0 fully saturated rings. The first-order valence-corrected chi connectivity index (χ1v) is 6.33. The maximum Gasteiger partial charge on any atom is 0.345 e. The van der Waals surface area contributed by atoms with Gasteiger partial charge in [-0.05, 0) is 18.1 Å². The lowest BCUT2D eigenvalue weighted by atomic mass is 10.0. The van der Waals surface area contributed by atoms with Gasteiger partial charge in [0.2, 0.25) is 5.91 Å². The van der Waals surface area contributed by atoms with Crippen molar-refractivity contribution in [3.05, 3.63) is 17.0 Å². The molecule has 1 aromatic heterocycles. The van der Waals surface area contributed by atoms with Crippen molar-refractivity contribution < 1.29 is 19.5 Å². The molecule has 104 valence electrons. The molecule has 7 nitrogen and oxygen atoms in total. The Labute approximate surface area is 113 Å². The number of urea groups is 1. The van der Waals surface area contributed by atoms with E-state index in [4.69, 9.17) is 10.8 Å². The predicted molar refractivity (Wildman–Crippen MR) is 71.3 cm³/mol. The molecule has 0 aliphatic carbocycles. The fourth-order valence-corrected chi connectivity index (χ4v) is 2.16. The zero-order valence-corrected chi connectivity index (χ0v) is 11.3. The smallest absolute Gasteiger partial charge is 0.345 e. The van der Waals surface area contributed by atoms with E-state index in [-0.39, 0.29) is 10.8 Å². The van der Waals surface area contributed by atoms with Crippen LogP contribution in [-0.2, 0) is 4.79 Å². The van der Waals surface area contributed by atoms with Gasteiger partial charge < -0.3 is 21.5 Å². The number of carbonyl (C=O) groups excluding carboxylic acids is 2. The van der Waals surface area contributed by atoms with Gasteiger partial charge in [0.25, 0.3) is 0 Å². The van der Waals surface area contributed by atoms with E-state index in [0.717, 1.165) is 11.3 Å². The van der Waals surface area contributed by atoms with Crippen LogP contribution in [0, 0.1) is 5.92 Å². The van der Waals surface area contributed by atoms with Crippen molar-refractivity contribution in [2.45, 2.75) is 19.9 Å². The molecule has 0 aliphatic rings. The van der Waals surface area contributed by atoms with Gasteiger partial charge in [0, 0.05) is 0 Å². The minimum atomic E-state index is -1.05. The molecule has 1 heterocycles. The van der Waals surface area contributed by atoms with Gasteiger partial charge in [-0.2, -0.15) is 0 Å². The molecule has 0 spiro atoms. The lowest BCUT2D eigenvalue weighted by molar-refractivity contribution is -0.118. The summed E-state index contributed by atoms with van der Waals surface area (Å²) in [5.41, 5.74) is 5.00. The second-order valence-corrected chi connectivity index (χ2v) is 5.27. The number of hydrogen-bond acceptors (Lipinski definition) is 4.